The third-order valence-corrected chi connectivity index (χ3v) is 6.15. The molecule has 3 rings (SSSR count). The number of hydrogen-bond acceptors (Lipinski definition) is 9. The summed E-state index contributed by atoms with van der Waals surface area (Å²) >= 11 is 12.7. The quantitative estimate of drug-likeness (QED) is 0.273. The Morgan fingerprint density at radius 1 is 1.00 bits per heavy atom. The highest BCUT2D eigenvalue weighted by Crippen LogP contribution is 2.44. The van der Waals surface area contributed by atoms with Crippen molar-refractivity contribution in [1.29, 1.82) is 0 Å². The van der Waals surface area contributed by atoms with E-state index < -0.39 is 18.1 Å². The van der Waals surface area contributed by atoms with Crippen LogP contribution in [0.2, 0.25) is 10.0 Å². The molecular weight excluding hydrogens is 548 g/mol. The van der Waals surface area contributed by atoms with Gasteiger partial charge in [-0.2, -0.15) is 13.2 Å². The van der Waals surface area contributed by atoms with Crippen LogP contribution in [0.5, 0.6) is 11.5 Å². The van der Waals surface area contributed by atoms with Gasteiger partial charge in [0.15, 0.2) is 0 Å². The summed E-state index contributed by atoms with van der Waals surface area (Å²) in [6.07, 6.45) is -4.70. The number of nitrogens with one attached hydrogen (secondary N) is 2. The summed E-state index contributed by atoms with van der Waals surface area (Å²) in [5.41, 5.74) is -0.247. The van der Waals surface area contributed by atoms with Crippen molar-refractivity contribution in [3.05, 3.63) is 57.8 Å². The molecule has 1 unspecified atom stereocenters. The molecule has 1 heterocycles. The van der Waals surface area contributed by atoms with Crippen molar-refractivity contribution in [2.24, 2.45) is 0 Å². The molecule has 9 nitrogen and oxygen atoms in total. The fourth-order valence-corrected chi connectivity index (χ4v) is 4.13. The van der Waals surface area contributed by atoms with Gasteiger partial charge in [0.25, 0.3) is 0 Å². The van der Waals surface area contributed by atoms with Crippen LogP contribution < -0.4 is 25.0 Å². The summed E-state index contributed by atoms with van der Waals surface area (Å²) in [5, 5.41) is 16.7. The fourth-order valence-electron chi connectivity index (χ4n) is 3.52. The Morgan fingerprint density at radius 2 is 1.63 bits per heavy atom. The number of methoxy groups -OCH3 is 2. The van der Waals surface area contributed by atoms with Gasteiger partial charge in [-0.3, -0.25) is 0 Å². The smallest absolute Gasteiger partial charge is 0.416 e. The maximum absolute atomic E-state index is 13.7. The van der Waals surface area contributed by atoms with E-state index in [1.54, 1.807) is 19.0 Å². The van der Waals surface area contributed by atoms with Crippen LogP contribution in [0.15, 0.2) is 36.7 Å². The second-order valence-electron chi connectivity index (χ2n) is 8.41. The summed E-state index contributed by atoms with van der Waals surface area (Å²) in [6, 6.07) is 6.95. The van der Waals surface area contributed by atoms with Gasteiger partial charge in [0, 0.05) is 31.4 Å². The first-order valence-corrected chi connectivity index (χ1v) is 11.8. The molecule has 1 atom stereocenters. The Morgan fingerprint density at radius 3 is 2.18 bits per heavy atom. The van der Waals surface area contributed by atoms with E-state index in [1.165, 1.54) is 56.8 Å². The van der Waals surface area contributed by atoms with Gasteiger partial charge in [0.2, 0.25) is 6.35 Å². The molecule has 1 aromatic heterocycles. The number of ether oxygens (including phenoxy) is 2. The van der Waals surface area contributed by atoms with Crippen LogP contribution in [0.25, 0.3) is 0 Å². The molecule has 206 valence electrons. The molecule has 0 aliphatic heterocycles. The lowest BCUT2D eigenvalue weighted by molar-refractivity contribution is -0.138. The molecule has 0 radical (unpaired) electrons. The van der Waals surface area contributed by atoms with E-state index in [1.807, 2.05) is 0 Å². The number of anilines is 4. The average Bonchev–Trinajstić information content (AvgIpc) is 2.86. The van der Waals surface area contributed by atoms with Gasteiger partial charge >= 0.3 is 6.18 Å². The predicted molar refractivity (Wildman–Crippen MR) is 142 cm³/mol. The topological polar surface area (TPSA) is 95.0 Å². The molecule has 3 aromatic rings. The number of nitrogens with zero attached hydrogens (tertiary/aromatic N) is 4. The zero-order valence-corrected chi connectivity index (χ0v) is 22.7. The number of aliphatic hydroxyl groups excluding tert-OH is 1. The molecule has 0 spiro atoms. The maximum Gasteiger partial charge on any atom is 0.416 e. The van der Waals surface area contributed by atoms with E-state index in [9.17, 15) is 18.3 Å². The second-order valence-corrected chi connectivity index (χ2v) is 9.16. The lowest BCUT2D eigenvalue weighted by atomic mass is 10.1. The van der Waals surface area contributed by atoms with Crippen molar-refractivity contribution in [1.82, 2.24) is 14.9 Å². The third kappa shape index (κ3) is 6.81. The van der Waals surface area contributed by atoms with Crippen molar-refractivity contribution >= 4 is 46.2 Å². The Labute approximate surface area is 228 Å². The van der Waals surface area contributed by atoms with Gasteiger partial charge in [-0.05, 0) is 31.8 Å². The van der Waals surface area contributed by atoms with Crippen LogP contribution in [0.3, 0.4) is 0 Å². The molecule has 0 amide bonds. The fraction of sp³-hybridized carbons (Fsp3) is 0.333. The van der Waals surface area contributed by atoms with Crippen molar-refractivity contribution in [2.75, 3.05) is 50.9 Å². The largest absolute Gasteiger partial charge is 0.495 e. The lowest BCUT2D eigenvalue weighted by Gasteiger charge is -2.27. The minimum atomic E-state index is -4.53. The number of aromatic nitrogens is 2. The third-order valence-electron chi connectivity index (χ3n) is 5.40. The van der Waals surface area contributed by atoms with Gasteiger partial charge in [-0.1, -0.05) is 29.3 Å². The van der Waals surface area contributed by atoms with Gasteiger partial charge in [0.05, 0.1) is 25.5 Å². The van der Waals surface area contributed by atoms with E-state index in [2.05, 4.69) is 20.6 Å². The molecule has 0 aliphatic rings. The summed E-state index contributed by atoms with van der Waals surface area (Å²) in [4.78, 5) is 11.2. The van der Waals surface area contributed by atoms with Crippen molar-refractivity contribution < 1.29 is 27.8 Å². The zero-order valence-electron chi connectivity index (χ0n) is 21.2. The first kappa shape index (κ1) is 29.4. The van der Waals surface area contributed by atoms with E-state index in [0.29, 0.717) is 0 Å². The van der Waals surface area contributed by atoms with Crippen LogP contribution in [0.1, 0.15) is 11.1 Å². The number of aliphatic hydroxyl groups is 1. The first-order valence-electron chi connectivity index (χ1n) is 11.1. The summed E-state index contributed by atoms with van der Waals surface area (Å²) in [6.45, 7) is 0.135. The van der Waals surface area contributed by atoms with Crippen molar-refractivity contribution in [3.63, 3.8) is 0 Å². The highest BCUT2D eigenvalue weighted by Gasteiger charge is 2.33. The lowest BCUT2D eigenvalue weighted by Crippen LogP contribution is -2.38. The molecule has 14 heteroatoms. The van der Waals surface area contributed by atoms with E-state index in [-0.39, 0.29) is 56.7 Å². The Balaban J connectivity index is 1.84. The maximum atomic E-state index is 13.7. The predicted octanol–water partition coefficient (Wildman–Crippen LogP) is 5.45. The number of halogens is 5. The molecule has 2 aromatic carbocycles. The normalized spacial score (nSPS) is 12.3. The average molecular weight is 575 g/mol. The van der Waals surface area contributed by atoms with Crippen LogP contribution in [0, 0.1) is 0 Å². The standard InChI is InChI=1S/C24H27Cl2F3N6O3/c1-34(2)11-13-6-7-14(8-15(13)24(27,28)29)32-18-10-19(31-12-30-18)35(3)23(36)33-22-20(25)16(37-4)9-17(38-5)21(22)26/h6-10,12,23,33,36H,11H2,1-5H3,(H,30,31,32). The van der Waals surface area contributed by atoms with Crippen LogP contribution >= 0.6 is 23.2 Å². The van der Waals surface area contributed by atoms with Gasteiger partial charge < -0.3 is 35.0 Å². The zero-order chi connectivity index (χ0) is 28.2. The van der Waals surface area contributed by atoms with Gasteiger partial charge in [-0.25, -0.2) is 9.97 Å². The van der Waals surface area contributed by atoms with E-state index in [0.717, 1.165) is 6.07 Å². The molecule has 0 bridgehead atoms. The number of alkyl halides is 3. The summed E-state index contributed by atoms with van der Waals surface area (Å²) < 4.78 is 51.4. The minimum Gasteiger partial charge on any atom is -0.495 e. The molecular formula is C24H27Cl2F3N6O3. The summed E-state index contributed by atoms with van der Waals surface area (Å²) in [5.74, 6) is 0.994. The molecule has 3 N–H and O–H groups in total. The van der Waals surface area contributed by atoms with E-state index >= 15 is 0 Å². The van der Waals surface area contributed by atoms with Crippen molar-refractivity contribution in [2.45, 2.75) is 19.1 Å². The van der Waals surface area contributed by atoms with Crippen LogP contribution in [-0.4, -0.2) is 61.7 Å². The van der Waals surface area contributed by atoms with E-state index in [4.69, 9.17) is 32.7 Å². The number of hydrogen-bond donors (Lipinski definition) is 3. The van der Waals surface area contributed by atoms with Gasteiger partial charge in [-0.15, -0.1) is 0 Å². The highest BCUT2D eigenvalue weighted by molar-refractivity contribution is 6.41. The Hall–Kier alpha value is -3.19. The molecule has 0 saturated heterocycles. The Bertz CT molecular complexity index is 1250. The minimum absolute atomic E-state index is 0.119. The second kappa shape index (κ2) is 12.1. The number of rotatable bonds is 10. The molecule has 0 aliphatic carbocycles. The SMILES string of the molecule is COc1cc(OC)c(Cl)c(NC(O)N(C)c2cc(Nc3ccc(CN(C)C)c(C(F)(F)F)c3)ncn2)c1Cl. The molecule has 38 heavy (non-hydrogen) atoms. The monoisotopic (exact) mass is 574 g/mol. The van der Waals surface area contributed by atoms with Crippen LogP contribution in [0.4, 0.5) is 36.2 Å². The molecule has 0 saturated carbocycles. The van der Waals surface area contributed by atoms with Crippen molar-refractivity contribution in [3.8, 4) is 11.5 Å². The summed E-state index contributed by atoms with van der Waals surface area (Å²) in [7, 11) is 7.76. The van der Waals surface area contributed by atoms with Crippen LogP contribution in [-0.2, 0) is 12.7 Å². The molecule has 0 fully saturated rings. The van der Waals surface area contributed by atoms with Gasteiger partial charge in [0.1, 0.15) is 39.5 Å². The Kier molecular flexibility index (Phi) is 9.36. The number of benzene rings is 2. The first-order chi connectivity index (χ1) is 17.8. The highest BCUT2D eigenvalue weighted by atomic mass is 35.5.